The number of aryl methyl sites for hydroxylation is 1. The van der Waals surface area contributed by atoms with E-state index in [9.17, 15) is 0 Å². The molecule has 0 atom stereocenters. The second-order valence-corrected chi connectivity index (χ2v) is 4.73. The molecule has 1 aromatic heterocycles. The first-order chi connectivity index (χ1) is 6.25. The van der Waals surface area contributed by atoms with Crippen molar-refractivity contribution in [2.24, 2.45) is 0 Å². The summed E-state index contributed by atoms with van der Waals surface area (Å²) in [5, 5.41) is 10.0. The summed E-state index contributed by atoms with van der Waals surface area (Å²) in [5.41, 5.74) is 1.12. The Kier molecular flexibility index (Phi) is 2.42. The fraction of sp³-hybridized carbons (Fsp3) is 0.111. The van der Waals surface area contributed by atoms with Crippen LogP contribution in [0.2, 0.25) is 0 Å². The maximum Gasteiger partial charge on any atom is 0.147 e. The van der Waals surface area contributed by atoms with Gasteiger partial charge in [0, 0.05) is 10.0 Å². The molecule has 0 saturated carbocycles. The Labute approximate surface area is 88.8 Å². The van der Waals surface area contributed by atoms with Crippen molar-refractivity contribution < 1.29 is 0 Å². The van der Waals surface area contributed by atoms with Crippen LogP contribution in [0.5, 0.6) is 0 Å². The number of rotatable bonds is 1. The van der Waals surface area contributed by atoms with Gasteiger partial charge in [0.2, 0.25) is 0 Å². The van der Waals surface area contributed by atoms with Gasteiger partial charge >= 0.3 is 0 Å². The monoisotopic (exact) mass is 254 g/mol. The van der Waals surface area contributed by atoms with Crippen molar-refractivity contribution >= 4 is 27.3 Å². The number of nitrogens with zero attached hydrogens (tertiary/aromatic N) is 2. The Bertz CT molecular complexity index is 408. The molecule has 0 spiro atoms. The molecule has 0 saturated heterocycles. The molecule has 0 radical (unpaired) electrons. The van der Waals surface area contributed by atoms with Crippen molar-refractivity contribution in [3.05, 3.63) is 33.7 Å². The highest BCUT2D eigenvalue weighted by molar-refractivity contribution is 9.10. The lowest BCUT2D eigenvalue weighted by Gasteiger charge is -1.93. The minimum Gasteiger partial charge on any atom is -0.143 e. The molecule has 0 amide bonds. The van der Waals surface area contributed by atoms with Crippen molar-refractivity contribution in [1.29, 1.82) is 0 Å². The van der Waals surface area contributed by atoms with E-state index in [2.05, 4.69) is 26.1 Å². The Morgan fingerprint density at radius 3 is 2.38 bits per heavy atom. The van der Waals surface area contributed by atoms with E-state index in [0.29, 0.717) is 0 Å². The molecular weight excluding hydrogens is 248 g/mol. The van der Waals surface area contributed by atoms with Gasteiger partial charge in [-0.3, -0.25) is 0 Å². The standard InChI is InChI=1S/C9H7BrN2S/c1-6-11-12-9(13-6)7-2-4-8(10)5-3-7/h2-5H,1H3. The first-order valence-corrected chi connectivity index (χ1v) is 5.43. The molecule has 0 N–H and O–H groups in total. The van der Waals surface area contributed by atoms with Crippen LogP contribution in [0.4, 0.5) is 0 Å². The molecule has 1 aromatic carbocycles. The first kappa shape index (κ1) is 8.84. The molecular formula is C9H7BrN2S. The normalized spacial score (nSPS) is 10.3. The van der Waals surface area contributed by atoms with Crippen LogP contribution in [0.25, 0.3) is 10.6 Å². The maximum atomic E-state index is 4.07. The van der Waals surface area contributed by atoms with Crippen LogP contribution in [0.1, 0.15) is 5.01 Å². The zero-order chi connectivity index (χ0) is 9.26. The second kappa shape index (κ2) is 3.55. The highest BCUT2D eigenvalue weighted by Gasteiger charge is 2.02. The van der Waals surface area contributed by atoms with Crippen molar-refractivity contribution in [3.63, 3.8) is 0 Å². The van der Waals surface area contributed by atoms with Crippen LogP contribution in [-0.2, 0) is 0 Å². The van der Waals surface area contributed by atoms with Gasteiger partial charge in [0.05, 0.1) is 0 Å². The van der Waals surface area contributed by atoms with E-state index < -0.39 is 0 Å². The maximum absolute atomic E-state index is 4.07. The number of benzene rings is 1. The van der Waals surface area contributed by atoms with Gasteiger partial charge in [-0.2, -0.15) is 0 Å². The van der Waals surface area contributed by atoms with Gasteiger partial charge in [-0.15, -0.1) is 10.2 Å². The molecule has 2 rings (SSSR count). The largest absolute Gasteiger partial charge is 0.147 e. The molecule has 2 nitrogen and oxygen atoms in total. The van der Waals surface area contributed by atoms with Crippen LogP contribution in [0.15, 0.2) is 28.7 Å². The molecule has 0 fully saturated rings. The SMILES string of the molecule is Cc1nnc(-c2ccc(Br)cc2)s1. The molecule has 0 unspecified atom stereocenters. The quantitative estimate of drug-likeness (QED) is 0.781. The van der Waals surface area contributed by atoms with E-state index >= 15 is 0 Å². The molecule has 66 valence electrons. The molecule has 0 aliphatic carbocycles. The molecule has 0 aliphatic heterocycles. The Balaban J connectivity index is 2.41. The van der Waals surface area contributed by atoms with Gasteiger partial charge in [0.15, 0.2) is 0 Å². The summed E-state index contributed by atoms with van der Waals surface area (Å²) in [4.78, 5) is 0. The van der Waals surface area contributed by atoms with Crippen LogP contribution >= 0.6 is 27.3 Å². The highest BCUT2D eigenvalue weighted by Crippen LogP contribution is 2.24. The van der Waals surface area contributed by atoms with Crippen molar-refractivity contribution in [2.45, 2.75) is 6.92 Å². The summed E-state index contributed by atoms with van der Waals surface area (Å²) in [6, 6.07) is 8.08. The highest BCUT2D eigenvalue weighted by atomic mass is 79.9. The Morgan fingerprint density at radius 1 is 1.15 bits per heavy atom. The number of halogens is 1. The van der Waals surface area contributed by atoms with Crippen LogP contribution < -0.4 is 0 Å². The van der Waals surface area contributed by atoms with Crippen LogP contribution in [0.3, 0.4) is 0 Å². The van der Waals surface area contributed by atoms with E-state index in [-0.39, 0.29) is 0 Å². The summed E-state index contributed by atoms with van der Waals surface area (Å²) in [6.45, 7) is 1.96. The molecule has 13 heavy (non-hydrogen) atoms. The van der Waals surface area contributed by atoms with E-state index in [4.69, 9.17) is 0 Å². The summed E-state index contributed by atoms with van der Waals surface area (Å²) < 4.78 is 1.08. The van der Waals surface area contributed by atoms with Crippen molar-refractivity contribution in [2.75, 3.05) is 0 Å². The minimum absolute atomic E-state index is 0.977. The predicted octanol–water partition coefficient (Wildman–Crippen LogP) is 3.28. The molecule has 0 aliphatic rings. The third-order valence-electron chi connectivity index (χ3n) is 1.62. The third-order valence-corrected chi connectivity index (χ3v) is 3.03. The fourth-order valence-electron chi connectivity index (χ4n) is 1.01. The smallest absolute Gasteiger partial charge is 0.143 e. The first-order valence-electron chi connectivity index (χ1n) is 3.82. The van der Waals surface area contributed by atoms with E-state index in [1.165, 1.54) is 0 Å². The van der Waals surface area contributed by atoms with Gasteiger partial charge in [0.25, 0.3) is 0 Å². The lowest BCUT2D eigenvalue weighted by Crippen LogP contribution is -1.75. The Morgan fingerprint density at radius 2 is 1.85 bits per heavy atom. The molecule has 2 aromatic rings. The second-order valence-electron chi connectivity index (χ2n) is 2.63. The van der Waals surface area contributed by atoms with E-state index in [1.54, 1.807) is 11.3 Å². The average Bonchev–Trinajstić information content (AvgIpc) is 2.53. The lowest BCUT2D eigenvalue weighted by molar-refractivity contribution is 1.05. The average molecular weight is 255 g/mol. The molecule has 0 bridgehead atoms. The number of aromatic nitrogens is 2. The number of hydrogen-bond donors (Lipinski definition) is 0. The van der Waals surface area contributed by atoms with E-state index in [0.717, 1.165) is 20.1 Å². The van der Waals surface area contributed by atoms with Gasteiger partial charge in [0.1, 0.15) is 10.0 Å². The van der Waals surface area contributed by atoms with Crippen LogP contribution in [0, 0.1) is 6.92 Å². The third kappa shape index (κ3) is 1.95. The minimum atomic E-state index is 0.977. The topological polar surface area (TPSA) is 25.8 Å². The summed E-state index contributed by atoms with van der Waals surface area (Å²) in [7, 11) is 0. The fourth-order valence-corrected chi connectivity index (χ4v) is 1.97. The van der Waals surface area contributed by atoms with Gasteiger partial charge < -0.3 is 0 Å². The van der Waals surface area contributed by atoms with Crippen molar-refractivity contribution in [3.8, 4) is 10.6 Å². The zero-order valence-electron chi connectivity index (χ0n) is 6.99. The van der Waals surface area contributed by atoms with Gasteiger partial charge in [-0.1, -0.05) is 39.4 Å². The predicted molar refractivity (Wildman–Crippen MR) is 57.8 cm³/mol. The molecule has 1 heterocycles. The van der Waals surface area contributed by atoms with Gasteiger partial charge in [-0.25, -0.2) is 0 Å². The molecule has 4 heteroatoms. The van der Waals surface area contributed by atoms with Gasteiger partial charge in [-0.05, 0) is 19.1 Å². The summed E-state index contributed by atoms with van der Waals surface area (Å²) in [5.74, 6) is 0. The number of hydrogen-bond acceptors (Lipinski definition) is 3. The lowest BCUT2D eigenvalue weighted by atomic mass is 10.2. The Hall–Kier alpha value is -0.740. The summed E-state index contributed by atoms with van der Waals surface area (Å²) >= 11 is 5.00. The van der Waals surface area contributed by atoms with Crippen LogP contribution in [-0.4, -0.2) is 10.2 Å². The van der Waals surface area contributed by atoms with E-state index in [1.807, 2.05) is 31.2 Å². The van der Waals surface area contributed by atoms with Crippen molar-refractivity contribution in [1.82, 2.24) is 10.2 Å². The zero-order valence-corrected chi connectivity index (χ0v) is 9.39. The summed E-state index contributed by atoms with van der Waals surface area (Å²) in [6.07, 6.45) is 0.